The Labute approximate surface area is 120 Å². The zero-order valence-electron chi connectivity index (χ0n) is 12.2. The molecular formula is C16H22N4. The van der Waals surface area contributed by atoms with Gasteiger partial charge in [-0.15, -0.1) is 0 Å². The fourth-order valence-corrected chi connectivity index (χ4v) is 2.97. The number of likely N-dealkylation sites (N-methyl/N-ethyl adjacent to an activating group) is 2. The number of anilines is 2. The van der Waals surface area contributed by atoms with E-state index in [2.05, 4.69) is 36.0 Å². The number of nitrogens with zero attached hydrogens (tertiary/aromatic N) is 3. The second-order valence-electron chi connectivity index (χ2n) is 5.78. The predicted octanol–water partition coefficient (Wildman–Crippen LogP) is 2.35. The van der Waals surface area contributed by atoms with Crippen LogP contribution < -0.4 is 10.6 Å². The minimum absolute atomic E-state index is 0.643. The largest absolute Gasteiger partial charge is 0.399 e. The minimum Gasteiger partial charge on any atom is -0.399 e. The first-order valence-corrected chi connectivity index (χ1v) is 7.21. The summed E-state index contributed by atoms with van der Waals surface area (Å²) >= 11 is 0. The van der Waals surface area contributed by atoms with Crippen LogP contribution in [0.4, 0.5) is 11.5 Å². The predicted molar refractivity (Wildman–Crippen MR) is 85.1 cm³/mol. The molecule has 2 N–H and O–H groups in total. The fourth-order valence-electron chi connectivity index (χ4n) is 2.97. The van der Waals surface area contributed by atoms with E-state index in [1.54, 1.807) is 0 Å². The molecule has 1 aromatic carbocycles. The van der Waals surface area contributed by atoms with Gasteiger partial charge in [-0.05, 0) is 56.8 Å². The Balaban J connectivity index is 1.80. The zero-order chi connectivity index (χ0) is 14.1. The second-order valence-corrected chi connectivity index (χ2v) is 5.78. The second kappa shape index (κ2) is 5.29. The Hall–Kier alpha value is -1.81. The fraction of sp³-hybridized carbons (Fsp3) is 0.438. The van der Waals surface area contributed by atoms with E-state index in [9.17, 15) is 0 Å². The normalized spacial score (nSPS) is 19.6. The zero-order valence-corrected chi connectivity index (χ0v) is 12.2. The highest BCUT2D eigenvalue weighted by molar-refractivity contribution is 5.83. The van der Waals surface area contributed by atoms with Crippen molar-refractivity contribution in [1.82, 2.24) is 9.88 Å². The Morgan fingerprint density at radius 3 is 2.95 bits per heavy atom. The van der Waals surface area contributed by atoms with E-state index in [0.717, 1.165) is 29.0 Å². The number of likely N-dealkylation sites (tertiary alicyclic amines) is 1. The number of pyridine rings is 1. The van der Waals surface area contributed by atoms with Gasteiger partial charge in [-0.1, -0.05) is 0 Å². The van der Waals surface area contributed by atoms with Crippen LogP contribution in [0, 0.1) is 0 Å². The lowest BCUT2D eigenvalue weighted by Gasteiger charge is -2.26. The molecule has 0 spiro atoms. The summed E-state index contributed by atoms with van der Waals surface area (Å²) in [5.74, 6) is 1.03. The average molecular weight is 270 g/mol. The standard InChI is InChI=1S/C16H22N4/c1-19-9-3-4-14(19)11-20(2)16-8-5-12-10-13(17)6-7-15(12)18-16/h5-8,10,14H,3-4,9,11,17H2,1-2H3. The summed E-state index contributed by atoms with van der Waals surface area (Å²) in [7, 11) is 4.33. The number of fused-ring (bicyclic) bond motifs is 1. The maximum Gasteiger partial charge on any atom is 0.129 e. The Kier molecular flexibility index (Phi) is 3.49. The summed E-state index contributed by atoms with van der Waals surface area (Å²) in [5, 5.41) is 1.10. The van der Waals surface area contributed by atoms with Crippen molar-refractivity contribution in [2.75, 3.05) is 37.8 Å². The van der Waals surface area contributed by atoms with Gasteiger partial charge >= 0.3 is 0 Å². The summed E-state index contributed by atoms with van der Waals surface area (Å²) in [5.41, 5.74) is 7.59. The van der Waals surface area contributed by atoms with Gasteiger partial charge in [0, 0.05) is 30.7 Å². The Morgan fingerprint density at radius 1 is 1.35 bits per heavy atom. The van der Waals surface area contributed by atoms with Crippen molar-refractivity contribution in [3.8, 4) is 0 Å². The molecule has 1 saturated heterocycles. The summed E-state index contributed by atoms with van der Waals surface area (Å²) < 4.78 is 0. The van der Waals surface area contributed by atoms with Crippen molar-refractivity contribution in [1.29, 1.82) is 0 Å². The molecule has 0 bridgehead atoms. The molecule has 1 unspecified atom stereocenters. The van der Waals surface area contributed by atoms with Gasteiger partial charge in [0.1, 0.15) is 5.82 Å². The first-order chi connectivity index (χ1) is 9.63. The molecule has 1 atom stereocenters. The Morgan fingerprint density at radius 2 is 2.20 bits per heavy atom. The number of aromatic nitrogens is 1. The molecule has 0 radical (unpaired) electrons. The molecule has 1 aliphatic rings. The number of hydrogen-bond acceptors (Lipinski definition) is 4. The number of nitrogen functional groups attached to an aromatic ring is 1. The lowest BCUT2D eigenvalue weighted by molar-refractivity contribution is 0.314. The molecular weight excluding hydrogens is 248 g/mol. The van der Waals surface area contributed by atoms with Gasteiger partial charge < -0.3 is 15.5 Å². The number of benzene rings is 1. The molecule has 0 saturated carbocycles. The number of hydrogen-bond donors (Lipinski definition) is 1. The van der Waals surface area contributed by atoms with Crippen molar-refractivity contribution >= 4 is 22.4 Å². The van der Waals surface area contributed by atoms with Crippen LogP contribution in [-0.4, -0.2) is 43.1 Å². The average Bonchev–Trinajstić information content (AvgIpc) is 2.83. The smallest absolute Gasteiger partial charge is 0.129 e. The highest BCUT2D eigenvalue weighted by Gasteiger charge is 2.22. The highest BCUT2D eigenvalue weighted by Crippen LogP contribution is 2.22. The summed E-state index contributed by atoms with van der Waals surface area (Å²) in [6, 6.07) is 10.7. The van der Waals surface area contributed by atoms with E-state index < -0.39 is 0 Å². The molecule has 1 aromatic heterocycles. The van der Waals surface area contributed by atoms with E-state index in [0.29, 0.717) is 6.04 Å². The molecule has 20 heavy (non-hydrogen) atoms. The topological polar surface area (TPSA) is 45.4 Å². The quantitative estimate of drug-likeness (QED) is 0.870. The van der Waals surface area contributed by atoms with Crippen LogP contribution in [0.3, 0.4) is 0 Å². The van der Waals surface area contributed by atoms with Crippen LogP contribution in [0.15, 0.2) is 30.3 Å². The molecule has 2 heterocycles. The maximum absolute atomic E-state index is 5.80. The van der Waals surface area contributed by atoms with Crippen LogP contribution in [0.25, 0.3) is 10.9 Å². The molecule has 0 amide bonds. The summed E-state index contributed by atoms with van der Waals surface area (Å²) in [6.07, 6.45) is 2.59. The lowest BCUT2D eigenvalue weighted by atomic mass is 10.2. The van der Waals surface area contributed by atoms with E-state index in [4.69, 9.17) is 10.7 Å². The first-order valence-electron chi connectivity index (χ1n) is 7.21. The van der Waals surface area contributed by atoms with Gasteiger partial charge in [0.15, 0.2) is 0 Å². The monoisotopic (exact) mass is 270 g/mol. The third kappa shape index (κ3) is 2.56. The molecule has 0 aliphatic carbocycles. The highest BCUT2D eigenvalue weighted by atomic mass is 15.2. The van der Waals surface area contributed by atoms with Crippen LogP contribution in [0.1, 0.15) is 12.8 Å². The van der Waals surface area contributed by atoms with Crippen LogP contribution in [0.5, 0.6) is 0 Å². The van der Waals surface area contributed by atoms with Crippen molar-refractivity contribution in [3.63, 3.8) is 0 Å². The van der Waals surface area contributed by atoms with E-state index in [1.165, 1.54) is 19.4 Å². The van der Waals surface area contributed by atoms with Gasteiger partial charge in [0.2, 0.25) is 0 Å². The van der Waals surface area contributed by atoms with E-state index >= 15 is 0 Å². The number of nitrogens with two attached hydrogens (primary N) is 1. The molecule has 4 nitrogen and oxygen atoms in total. The molecule has 1 aliphatic heterocycles. The molecule has 4 heteroatoms. The SMILES string of the molecule is CN(CC1CCCN1C)c1ccc2cc(N)ccc2n1. The molecule has 3 rings (SSSR count). The van der Waals surface area contributed by atoms with Crippen molar-refractivity contribution in [3.05, 3.63) is 30.3 Å². The summed E-state index contributed by atoms with van der Waals surface area (Å²) in [6.45, 7) is 2.24. The molecule has 2 aromatic rings. The molecule has 106 valence electrons. The van der Waals surface area contributed by atoms with Crippen molar-refractivity contribution in [2.45, 2.75) is 18.9 Å². The molecule has 1 fully saturated rings. The maximum atomic E-state index is 5.80. The van der Waals surface area contributed by atoms with E-state index in [-0.39, 0.29) is 0 Å². The van der Waals surface area contributed by atoms with Crippen molar-refractivity contribution in [2.24, 2.45) is 0 Å². The van der Waals surface area contributed by atoms with Crippen LogP contribution in [0.2, 0.25) is 0 Å². The third-order valence-corrected chi connectivity index (χ3v) is 4.25. The lowest BCUT2D eigenvalue weighted by Crippen LogP contribution is -2.36. The van der Waals surface area contributed by atoms with E-state index in [1.807, 2.05) is 18.2 Å². The van der Waals surface area contributed by atoms with Gasteiger partial charge in [0.25, 0.3) is 0 Å². The minimum atomic E-state index is 0.643. The van der Waals surface area contributed by atoms with Gasteiger partial charge in [0.05, 0.1) is 5.52 Å². The Bertz CT molecular complexity index is 610. The van der Waals surface area contributed by atoms with Crippen molar-refractivity contribution < 1.29 is 0 Å². The number of rotatable bonds is 3. The first kappa shape index (κ1) is 13.2. The summed E-state index contributed by atoms with van der Waals surface area (Å²) in [4.78, 5) is 9.43. The van der Waals surface area contributed by atoms with Gasteiger partial charge in [-0.2, -0.15) is 0 Å². The van der Waals surface area contributed by atoms with Crippen LogP contribution in [-0.2, 0) is 0 Å². The van der Waals surface area contributed by atoms with Crippen LogP contribution >= 0.6 is 0 Å². The van der Waals surface area contributed by atoms with Gasteiger partial charge in [-0.3, -0.25) is 0 Å². The third-order valence-electron chi connectivity index (χ3n) is 4.25. The van der Waals surface area contributed by atoms with Gasteiger partial charge in [-0.25, -0.2) is 4.98 Å².